The number of unbranched alkanes of at least 4 members (excludes halogenated alkanes) is 1. The quantitative estimate of drug-likeness (QED) is 0.406. The van der Waals surface area contributed by atoms with Crippen LogP contribution in [0, 0.1) is 0 Å². The van der Waals surface area contributed by atoms with Crippen LogP contribution in [0.4, 0.5) is 5.69 Å². The lowest BCUT2D eigenvalue weighted by atomic mass is 10.1. The summed E-state index contributed by atoms with van der Waals surface area (Å²) in [4.78, 5) is 27.7. The molecule has 0 aliphatic heterocycles. The Hall–Kier alpha value is -2.49. The molecule has 1 N–H and O–H groups in total. The van der Waals surface area contributed by atoms with Crippen LogP contribution in [0.5, 0.6) is 5.75 Å². The highest BCUT2D eigenvalue weighted by Gasteiger charge is 2.31. The molecule has 0 unspecified atom stereocenters. The number of nitrogens with zero attached hydrogens (tertiary/aromatic N) is 2. The summed E-state index contributed by atoms with van der Waals surface area (Å²) in [5, 5.41) is 3.00. The van der Waals surface area contributed by atoms with Crippen LogP contribution < -0.4 is 14.4 Å². The molecule has 0 spiro atoms. The monoisotopic (exact) mass is 543 g/mol. The summed E-state index contributed by atoms with van der Waals surface area (Å²) in [6.07, 6.45) is 2.69. The van der Waals surface area contributed by atoms with Crippen molar-refractivity contribution in [3.8, 4) is 5.75 Å². The fraction of sp³-hybridized carbons (Fsp3) is 0.417. The molecular formula is C24H31Cl2N3O5S. The third-order valence-electron chi connectivity index (χ3n) is 5.36. The minimum Gasteiger partial charge on any atom is -0.497 e. The van der Waals surface area contributed by atoms with Crippen LogP contribution in [0.3, 0.4) is 0 Å². The van der Waals surface area contributed by atoms with Gasteiger partial charge in [-0.2, -0.15) is 0 Å². The van der Waals surface area contributed by atoms with Crippen molar-refractivity contribution in [2.75, 3.05) is 30.8 Å². The molecule has 0 saturated carbocycles. The Morgan fingerprint density at radius 3 is 2.46 bits per heavy atom. The van der Waals surface area contributed by atoms with Gasteiger partial charge in [0.1, 0.15) is 18.3 Å². The number of sulfonamides is 1. The van der Waals surface area contributed by atoms with Crippen molar-refractivity contribution in [1.82, 2.24) is 10.2 Å². The minimum atomic E-state index is -3.91. The number of carbonyl (C=O) groups excluding carboxylic acids is 2. The van der Waals surface area contributed by atoms with Gasteiger partial charge in [0.25, 0.3) is 0 Å². The summed E-state index contributed by atoms with van der Waals surface area (Å²) < 4.78 is 31.4. The standard InChI is InChI=1S/C24H31Cl2N3O5S/c1-5-6-13-27-24(31)17(2)28(15-18-9-7-10-19(14-18)34-3)22(30)16-29(35(4,32)33)21-12-8-11-20(25)23(21)26/h7-12,14,17H,5-6,13,15-16H2,1-4H3,(H,27,31)/t17-/m0/s1. The lowest BCUT2D eigenvalue weighted by Gasteiger charge is -2.31. The number of rotatable bonds is 12. The van der Waals surface area contributed by atoms with E-state index in [1.807, 2.05) is 6.92 Å². The predicted octanol–water partition coefficient (Wildman–Crippen LogP) is 4.10. The topological polar surface area (TPSA) is 96.0 Å². The molecule has 192 valence electrons. The molecule has 2 rings (SSSR count). The maximum atomic E-state index is 13.5. The highest BCUT2D eigenvalue weighted by Crippen LogP contribution is 2.33. The number of carbonyl (C=O) groups is 2. The second-order valence-corrected chi connectivity index (χ2v) is 10.7. The van der Waals surface area contributed by atoms with E-state index in [2.05, 4.69) is 5.32 Å². The molecule has 0 aliphatic rings. The van der Waals surface area contributed by atoms with E-state index in [1.54, 1.807) is 37.3 Å². The zero-order chi connectivity index (χ0) is 26.2. The summed E-state index contributed by atoms with van der Waals surface area (Å²) in [5.41, 5.74) is 0.800. The third kappa shape index (κ3) is 8.02. The predicted molar refractivity (Wildman–Crippen MR) is 140 cm³/mol. The average Bonchev–Trinajstić information content (AvgIpc) is 2.82. The minimum absolute atomic E-state index is 0.0112. The molecule has 0 bridgehead atoms. The molecule has 2 aromatic carbocycles. The lowest BCUT2D eigenvalue weighted by Crippen LogP contribution is -2.51. The first-order valence-electron chi connectivity index (χ1n) is 11.1. The number of hydrogen-bond acceptors (Lipinski definition) is 5. The van der Waals surface area contributed by atoms with Crippen molar-refractivity contribution < 1.29 is 22.7 Å². The van der Waals surface area contributed by atoms with E-state index in [-0.39, 0.29) is 28.2 Å². The summed E-state index contributed by atoms with van der Waals surface area (Å²) >= 11 is 12.3. The number of hydrogen-bond donors (Lipinski definition) is 1. The molecule has 8 nitrogen and oxygen atoms in total. The third-order valence-corrected chi connectivity index (χ3v) is 7.30. The largest absolute Gasteiger partial charge is 0.497 e. The normalized spacial score (nSPS) is 12.1. The Morgan fingerprint density at radius 2 is 1.83 bits per heavy atom. The van der Waals surface area contributed by atoms with Crippen LogP contribution in [0.1, 0.15) is 32.3 Å². The average molecular weight is 545 g/mol. The highest BCUT2D eigenvalue weighted by atomic mass is 35.5. The number of methoxy groups -OCH3 is 1. The number of benzene rings is 2. The van der Waals surface area contributed by atoms with E-state index in [0.717, 1.165) is 29.0 Å². The Balaban J connectivity index is 2.41. The van der Waals surface area contributed by atoms with E-state index in [0.29, 0.717) is 12.3 Å². The van der Waals surface area contributed by atoms with Gasteiger partial charge in [-0.3, -0.25) is 13.9 Å². The van der Waals surface area contributed by atoms with Crippen LogP contribution in [0.25, 0.3) is 0 Å². The van der Waals surface area contributed by atoms with Gasteiger partial charge < -0.3 is 15.0 Å². The maximum absolute atomic E-state index is 13.5. The van der Waals surface area contributed by atoms with E-state index in [9.17, 15) is 18.0 Å². The van der Waals surface area contributed by atoms with Crippen molar-refractivity contribution in [3.05, 3.63) is 58.1 Å². The summed E-state index contributed by atoms with van der Waals surface area (Å²) in [6, 6.07) is 10.8. The fourth-order valence-electron chi connectivity index (χ4n) is 3.37. The second-order valence-electron chi connectivity index (χ2n) is 8.04. The van der Waals surface area contributed by atoms with Gasteiger partial charge in [-0.15, -0.1) is 0 Å². The van der Waals surface area contributed by atoms with Gasteiger partial charge >= 0.3 is 0 Å². The summed E-state index contributed by atoms with van der Waals surface area (Å²) in [6.45, 7) is 3.61. The van der Waals surface area contributed by atoms with Gasteiger partial charge in [-0.1, -0.05) is 54.7 Å². The van der Waals surface area contributed by atoms with Crippen LogP contribution in [-0.2, 0) is 26.2 Å². The first-order valence-corrected chi connectivity index (χ1v) is 13.7. The van der Waals surface area contributed by atoms with Crippen LogP contribution in [-0.4, -0.2) is 57.6 Å². The molecule has 2 aromatic rings. The molecule has 0 heterocycles. The molecule has 11 heteroatoms. The van der Waals surface area contributed by atoms with Gasteiger partial charge in [0.15, 0.2) is 0 Å². The number of amides is 2. The van der Waals surface area contributed by atoms with Crippen molar-refractivity contribution in [3.63, 3.8) is 0 Å². The molecule has 1 atom stereocenters. The van der Waals surface area contributed by atoms with E-state index >= 15 is 0 Å². The first-order chi connectivity index (χ1) is 16.5. The van der Waals surface area contributed by atoms with E-state index in [1.165, 1.54) is 24.1 Å². The van der Waals surface area contributed by atoms with Gasteiger partial charge in [-0.25, -0.2) is 8.42 Å². The molecular weight excluding hydrogens is 513 g/mol. The molecule has 2 amide bonds. The zero-order valence-corrected chi connectivity index (χ0v) is 22.6. The Labute approximate surface area is 217 Å². The number of nitrogens with one attached hydrogen (secondary N) is 1. The van der Waals surface area contributed by atoms with Gasteiger partial charge in [0, 0.05) is 13.1 Å². The maximum Gasteiger partial charge on any atom is 0.244 e. The van der Waals surface area contributed by atoms with Crippen LogP contribution in [0.15, 0.2) is 42.5 Å². The van der Waals surface area contributed by atoms with Crippen LogP contribution >= 0.6 is 23.2 Å². The lowest BCUT2D eigenvalue weighted by molar-refractivity contribution is -0.139. The number of anilines is 1. The van der Waals surface area contributed by atoms with Crippen molar-refractivity contribution in [2.24, 2.45) is 0 Å². The van der Waals surface area contributed by atoms with E-state index < -0.39 is 28.5 Å². The van der Waals surface area contributed by atoms with Crippen molar-refractivity contribution >= 4 is 50.7 Å². The number of ether oxygens (including phenoxy) is 1. The molecule has 0 aliphatic carbocycles. The van der Waals surface area contributed by atoms with Crippen molar-refractivity contribution in [1.29, 1.82) is 0 Å². The summed E-state index contributed by atoms with van der Waals surface area (Å²) in [5.74, 6) is -0.313. The van der Waals surface area contributed by atoms with Gasteiger partial charge in [0.05, 0.1) is 29.1 Å². The van der Waals surface area contributed by atoms with E-state index in [4.69, 9.17) is 27.9 Å². The highest BCUT2D eigenvalue weighted by molar-refractivity contribution is 7.92. The smallest absolute Gasteiger partial charge is 0.244 e. The molecule has 0 saturated heterocycles. The van der Waals surface area contributed by atoms with Gasteiger partial charge in [-0.05, 0) is 43.2 Å². The Kier molecular flexibility index (Phi) is 10.7. The molecule has 0 radical (unpaired) electrons. The Morgan fingerprint density at radius 1 is 1.14 bits per heavy atom. The Bertz CT molecular complexity index is 1140. The molecule has 0 fully saturated rings. The molecule has 0 aromatic heterocycles. The van der Waals surface area contributed by atoms with Crippen LogP contribution in [0.2, 0.25) is 10.0 Å². The number of halogens is 2. The second kappa shape index (κ2) is 13.0. The molecule has 35 heavy (non-hydrogen) atoms. The zero-order valence-electron chi connectivity index (χ0n) is 20.3. The fourth-order valence-corrected chi connectivity index (χ4v) is 4.67. The SMILES string of the molecule is CCCCNC(=O)[C@H](C)N(Cc1cccc(OC)c1)C(=O)CN(c1cccc(Cl)c1Cl)S(C)(=O)=O. The van der Waals surface area contributed by atoms with Crippen molar-refractivity contribution in [2.45, 2.75) is 39.3 Å². The van der Waals surface area contributed by atoms with Gasteiger partial charge in [0.2, 0.25) is 21.8 Å². The summed E-state index contributed by atoms with van der Waals surface area (Å²) in [7, 11) is -2.38. The first kappa shape index (κ1) is 28.7.